The van der Waals surface area contributed by atoms with Crippen LogP contribution in [0.2, 0.25) is 0 Å². The predicted octanol–water partition coefficient (Wildman–Crippen LogP) is 4.33. The van der Waals surface area contributed by atoms with Gasteiger partial charge in [0.15, 0.2) is 0 Å². The Morgan fingerprint density at radius 2 is 1.58 bits per heavy atom. The molecule has 0 bridgehead atoms. The second-order valence-electron chi connectivity index (χ2n) is 10.0. The van der Waals surface area contributed by atoms with Crippen molar-refractivity contribution in [2.45, 2.75) is 50.5 Å². The molecule has 36 heavy (non-hydrogen) atoms. The molecule has 1 aromatic heterocycles. The summed E-state index contributed by atoms with van der Waals surface area (Å²) in [7, 11) is 0. The van der Waals surface area contributed by atoms with E-state index in [1.165, 1.54) is 0 Å². The number of carbonyl (C=O) groups is 1. The number of benzene rings is 2. The van der Waals surface area contributed by atoms with Crippen molar-refractivity contribution in [3.05, 3.63) is 72.6 Å². The maximum Gasteiger partial charge on any atom is 0.319 e. The predicted molar refractivity (Wildman–Crippen MR) is 137 cm³/mol. The van der Waals surface area contributed by atoms with Gasteiger partial charge >= 0.3 is 6.03 Å². The maximum atomic E-state index is 12.6. The third-order valence-electron chi connectivity index (χ3n) is 6.20. The number of amides is 2. The van der Waals surface area contributed by atoms with Gasteiger partial charge in [-0.05, 0) is 42.5 Å². The first-order chi connectivity index (χ1) is 17.3. The minimum Gasteiger partial charge on any atom is -0.457 e. The number of fused-ring (bicyclic) bond motifs is 1. The summed E-state index contributed by atoms with van der Waals surface area (Å²) in [6.07, 6.45) is 1.31. The highest BCUT2D eigenvalue weighted by molar-refractivity contribution is 5.89. The number of ether oxygens (including phenoxy) is 3. The van der Waals surface area contributed by atoms with Crippen LogP contribution < -0.4 is 20.7 Å². The summed E-state index contributed by atoms with van der Waals surface area (Å²) in [5, 5.41) is 9.18. The molecule has 188 valence electrons. The van der Waals surface area contributed by atoms with Crippen molar-refractivity contribution in [3.63, 3.8) is 0 Å². The van der Waals surface area contributed by atoms with Crippen molar-refractivity contribution in [1.29, 1.82) is 0 Å². The molecular formula is C27H31N5O4. The fourth-order valence-electron chi connectivity index (χ4n) is 4.33. The van der Waals surface area contributed by atoms with Gasteiger partial charge in [0.25, 0.3) is 0 Å². The second-order valence-corrected chi connectivity index (χ2v) is 10.0. The van der Waals surface area contributed by atoms with Gasteiger partial charge in [-0.25, -0.2) is 14.8 Å². The molecule has 4 atom stereocenters. The van der Waals surface area contributed by atoms with E-state index in [4.69, 9.17) is 14.2 Å². The van der Waals surface area contributed by atoms with E-state index in [9.17, 15) is 4.79 Å². The normalized spacial score (nSPS) is 23.1. The Morgan fingerprint density at radius 1 is 0.917 bits per heavy atom. The molecule has 0 radical (unpaired) electrons. The SMILES string of the molecule is CC(C)(C)c1ccnc(N[C@@H]2CO[C@@H]3[C@@H]2OC[C@@H]3NC(=O)Nc2ccc(Oc3ccccc3)cc2)n1. The molecule has 0 aliphatic carbocycles. The van der Waals surface area contributed by atoms with Crippen LogP contribution in [-0.2, 0) is 14.9 Å². The molecule has 2 saturated heterocycles. The molecule has 2 aliphatic rings. The molecule has 0 spiro atoms. The van der Waals surface area contributed by atoms with Crippen LogP contribution in [0.4, 0.5) is 16.4 Å². The molecule has 0 unspecified atom stereocenters. The lowest BCUT2D eigenvalue weighted by Gasteiger charge is -2.21. The molecule has 5 rings (SSSR count). The molecule has 0 saturated carbocycles. The number of hydrogen-bond acceptors (Lipinski definition) is 7. The Kier molecular flexibility index (Phi) is 6.75. The quantitative estimate of drug-likeness (QED) is 0.473. The highest BCUT2D eigenvalue weighted by Gasteiger charge is 2.48. The van der Waals surface area contributed by atoms with E-state index in [-0.39, 0.29) is 35.7 Å². The molecular weight excluding hydrogens is 458 g/mol. The van der Waals surface area contributed by atoms with E-state index >= 15 is 0 Å². The fraction of sp³-hybridized carbons (Fsp3) is 0.370. The van der Waals surface area contributed by atoms with Crippen LogP contribution in [0.1, 0.15) is 26.5 Å². The Bertz CT molecular complexity index is 1180. The van der Waals surface area contributed by atoms with E-state index in [1.807, 2.05) is 48.5 Å². The molecule has 3 heterocycles. The van der Waals surface area contributed by atoms with Gasteiger partial charge in [0.05, 0.1) is 31.0 Å². The summed E-state index contributed by atoms with van der Waals surface area (Å²) in [5.74, 6) is 1.99. The second kappa shape index (κ2) is 10.1. The standard InChI is InChI=1S/C27H31N5O4/c1-27(2,3)22-13-14-28-25(32-22)30-20-15-34-24-21(16-35-23(20)24)31-26(33)29-17-9-11-19(12-10-17)36-18-7-5-4-6-8-18/h4-14,20-21,23-24H,15-16H2,1-3H3,(H,28,30,32)(H2,29,31,33)/t20-,21+,23-,24+/m1/s1. The van der Waals surface area contributed by atoms with Crippen molar-refractivity contribution in [3.8, 4) is 11.5 Å². The van der Waals surface area contributed by atoms with Crippen LogP contribution in [0.5, 0.6) is 11.5 Å². The summed E-state index contributed by atoms with van der Waals surface area (Å²) in [5.41, 5.74) is 1.54. The minimum absolute atomic E-state index is 0.0739. The number of urea groups is 1. The lowest BCUT2D eigenvalue weighted by molar-refractivity contribution is 0.0683. The lowest BCUT2D eigenvalue weighted by atomic mass is 9.92. The highest BCUT2D eigenvalue weighted by atomic mass is 16.6. The van der Waals surface area contributed by atoms with Crippen LogP contribution in [0.3, 0.4) is 0 Å². The van der Waals surface area contributed by atoms with Crippen LogP contribution in [0.25, 0.3) is 0 Å². The molecule has 2 amide bonds. The summed E-state index contributed by atoms with van der Waals surface area (Å²) in [6.45, 7) is 7.15. The Balaban J connectivity index is 1.13. The summed E-state index contributed by atoms with van der Waals surface area (Å²) in [4.78, 5) is 21.6. The number of nitrogens with zero attached hydrogens (tertiary/aromatic N) is 2. The van der Waals surface area contributed by atoms with Gasteiger partial charge in [0.2, 0.25) is 5.95 Å². The van der Waals surface area contributed by atoms with Gasteiger partial charge in [-0.3, -0.25) is 0 Å². The van der Waals surface area contributed by atoms with E-state index in [0.717, 1.165) is 11.4 Å². The first-order valence-corrected chi connectivity index (χ1v) is 12.1. The maximum absolute atomic E-state index is 12.6. The number of rotatable bonds is 6. The molecule has 2 fully saturated rings. The van der Waals surface area contributed by atoms with Crippen LogP contribution in [-0.4, -0.2) is 53.5 Å². The van der Waals surface area contributed by atoms with Crippen LogP contribution in [0.15, 0.2) is 66.9 Å². The summed E-state index contributed by atoms with van der Waals surface area (Å²) < 4.78 is 17.8. The topological polar surface area (TPSA) is 107 Å². The first kappa shape index (κ1) is 24.0. The molecule has 9 nitrogen and oxygen atoms in total. The van der Waals surface area contributed by atoms with Crippen molar-refractivity contribution < 1.29 is 19.0 Å². The third kappa shape index (κ3) is 5.58. The molecule has 9 heteroatoms. The van der Waals surface area contributed by atoms with E-state index in [2.05, 4.69) is 46.7 Å². The molecule has 3 N–H and O–H groups in total. The van der Waals surface area contributed by atoms with Gasteiger partial charge in [-0.2, -0.15) is 0 Å². The summed E-state index contributed by atoms with van der Waals surface area (Å²) in [6, 6.07) is 18.0. The zero-order chi connectivity index (χ0) is 25.1. The highest BCUT2D eigenvalue weighted by Crippen LogP contribution is 2.29. The smallest absolute Gasteiger partial charge is 0.319 e. The first-order valence-electron chi connectivity index (χ1n) is 12.1. The number of nitrogens with one attached hydrogen (secondary N) is 3. The van der Waals surface area contributed by atoms with Gasteiger partial charge in [0, 0.05) is 17.3 Å². The average Bonchev–Trinajstić information content (AvgIpc) is 3.44. The number of anilines is 2. The summed E-state index contributed by atoms with van der Waals surface area (Å²) >= 11 is 0. The van der Waals surface area contributed by atoms with Gasteiger partial charge in [-0.15, -0.1) is 0 Å². The van der Waals surface area contributed by atoms with Crippen molar-refractivity contribution in [2.75, 3.05) is 23.8 Å². The van der Waals surface area contributed by atoms with Gasteiger partial charge in [-0.1, -0.05) is 39.0 Å². The molecule has 2 aliphatic heterocycles. The van der Waals surface area contributed by atoms with Crippen molar-refractivity contribution in [1.82, 2.24) is 15.3 Å². The van der Waals surface area contributed by atoms with Crippen LogP contribution in [0, 0.1) is 0 Å². The largest absolute Gasteiger partial charge is 0.457 e. The zero-order valence-electron chi connectivity index (χ0n) is 20.6. The van der Waals surface area contributed by atoms with Gasteiger partial charge in [0.1, 0.15) is 23.7 Å². The monoisotopic (exact) mass is 489 g/mol. The van der Waals surface area contributed by atoms with E-state index in [0.29, 0.717) is 30.6 Å². The van der Waals surface area contributed by atoms with Crippen molar-refractivity contribution >= 4 is 17.7 Å². The Labute approximate surface area is 210 Å². The Morgan fingerprint density at radius 3 is 2.31 bits per heavy atom. The number of para-hydroxylation sites is 1. The molecule has 3 aromatic rings. The zero-order valence-corrected chi connectivity index (χ0v) is 20.6. The van der Waals surface area contributed by atoms with E-state index in [1.54, 1.807) is 18.3 Å². The Hall–Kier alpha value is -3.69. The minimum atomic E-state index is -0.317. The lowest BCUT2D eigenvalue weighted by Crippen LogP contribution is -2.46. The number of hydrogen-bond donors (Lipinski definition) is 3. The van der Waals surface area contributed by atoms with E-state index < -0.39 is 0 Å². The fourth-order valence-corrected chi connectivity index (χ4v) is 4.33. The number of aromatic nitrogens is 2. The third-order valence-corrected chi connectivity index (χ3v) is 6.20. The number of carbonyl (C=O) groups excluding carboxylic acids is 1. The average molecular weight is 490 g/mol. The van der Waals surface area contributed by atoms with Crippen molar-refractivity contribution in [2.24, 2.45) is 0 Å². The van der Waals surface area contributed by atoms with Gasteiger partial charge < -0.3 is 30.2 Å². The molecule has 2 aromatic carbocycles. The van der Waals surface area contributed by atoms with Crippen LogP contribution >= 0.6 is 0 Å².